The molecule has 0 saturated carbocycles. The minimum Gasteiger partial charge on any atom is -0.350 e. The minimum atomic E-state index is -0.0363. The molecule has 1 amide bonds. The van der Waals surface area contributed by atoms with Gasteiger partial charge >= 0.3 is 5.69 Å². The van der Waals surface area contributed by atoms with Crippen molar-refractivity contribution in [3.05, 3.63) is 52.7 Å². The maximum absolute atomic E-state index is 12.9. The number of rotatable bonds is 3. The summed E-state index contributed by atoms with van der Waals surface area (Å²) in [6.45, 7) is 8.46. The molecular weight excluding hydrogens is 392 g/mol. The normalized spacial score (nSPS) is 20.8. The van der Waals surface area contributed by atoms with E-state index in [1.807, 2.05) is 27.7 Å². The van der Waals surface area contributed by atoms with E-state index >= 15 is 0 Å². The fourth-order valence-electron chi connectivity index (χ4n) is 4.90. The van der Waals surface area contributed by atoms with Crippen LogP contribution in [-0.4, -0.2) is 55.1 Å². The van der Waals surface area contributed by atoms with Crippen molar-refractivity contribution >= 4 is 22.9 Å². The molecule has 3 aromatic rings. The van der Waals surface area contributed by atoms with Crippen molar-refractivity contribution in [1.29, 1.82) is 0 Å². The average Bonchev–Trinajstić information content (AvgIpc) is 3.42. The number of fused-ring (bicyclic) bond motifs is 3. The Hall–Kier alpha value is -3.16. The summed E-state index contributed by atoms with van der Waals surface area (Å²) in [5, 5.41) is 0. The Balaban J connectivity index is 1.40. The minimum absolute atomic E-state index is 0.00481. The van der Waals surface area contributed by atoms with Crippen LogP contribution in [0.5, 0.6) is 0 Å². The number of nitrogens with zero attached hydrogens (tertiary/aromatic N) is 6. The summed E-state index contributed by atoms with van der Waals surface area (Å²) in [5.74, 6) is 0.919. The van der Waals surface area contributed by atoms with Crippen LogP contribution in [0.15, 0.2) is 41.5 Å². The number of hydrogen-bond donors (Lipinski definition) is 0. The van der Waals surface area contributed by atoms with Crippen molar-refractivity contribution in [2.75, 3.05) is 18.0 Å². The van der Waals surface area contributed by atoms with Gasteiger partial charge in [-0.05, 0) is 36.1 Å². The van der Waals surface area contributed by atoms with Gasteiger partial charge in [0.2, 0.25) is 0 Å². The number of carbonyl (C=O) groups is 1. The van der Waals surface area contributed by atoms with Crippen LogP contribution in [0.2, 0.25) is 0 Å². The van der Waals surface area contributed by atoms with Crippen LogP contribution >= 0.6 is 0 Å². The number of aromatic nitrogens is 4. The molecule has 0 aromatic carbocycles. The van der Waals surface area contributed by atoms with E-state index in [0.717, 1.165) is 24.3 Å². The van der Waals surface area contributed by atoms with Crippen LogP contribution in [0.1, 0.15) is 37.6 Å². The Morgan fingerprint density at radius 1 is 1.16 bits per heavy atom. The number of likely N-dealkylation sites (tertiary alicyclic amines) is 1. The van der Waals surface area contributed by atoms with Crippen LogP contribution in [0.3, 0.4) is 0 Å². The van der Waals surface area contributed by atoms with Gasteiger partial charge in [0.15, 0.2) is 5.65 Å². The number of pyridine rings is 2. The van der Waals surface area contributed by atoms with E-state index in [2.05, 4.69) is 30.7 Å². The molecule has 2 aliphatic heterocycles. The number of aryl methyl sites for hydroxylation is 1. The van der Waals surface area contributed by atoms with Gasteiger partial charge < -0.3 is 9.80 Å². The molecule has 5 rings (SSSR count). The Labute approximate surface area is 181 Å². The predicted octanol–water partition coefficient (Wildman–Crippen LogP) is 2.28. The van der Waals surface area contributed by atoms with Gasteiger partial charge in [-0.3, -0.25) is 18.9 Å². The first-order chi connectivity index (χ1) is 14.7. The largest absolute Gasteiger partial charge is 0.350 e. The van der Waals surface area contributed by atoms with E-state index in [9.17, 15) is 9.59 Å². The van der Waals surface area contributed by atoms with Crippen LogP contribution in [0.25, 0.3) is 11.2 Å². The molecule has 3 aromatic heterocycles. The van der Waals surface area contributed by atoms with Crippen molar-refractivity contribution in [3.8, 4) is 0 Å². The molecule has 2 fully saturated rings. The lowest BCUT2D eigenvalue weighted by atomic mass is 9.97. The van der Waals surface area contributed by atoms with Crippen molar-refractivity contribution in [2.45, 2.75) is 45.8 Å². The Kier molecular flexibility index (Phi) is 4.42. The first-order valence-corrected chi connectivity index (χ1v) is 10.8. The molecule has 8 nitrogen and oxygen atoms in total. The van der Waals surface area contributed by atoms with Crippen molar-refractivity contribution in [3.63, 3.8) is 0 Å². The highest BCUT2D eigenvalue weighted by molar-refractivity contribution is 5.94. The van der Waals surface area contributed by atoms with Crippen LogP contribution < -0.4 is 10.6 Å². The fourth-order valence-corrected chi connectivity index (χ4v) is 4.90. The number of anilines is 1. The highest BCUT2D eigenvalue weighted by atomic mass is 16.2. The first kappa shape index (κ1) is 19.8. The summed E-state index contributed by atoms with van der Waals surface area (Å²) in [6.07, 6.45) is 4.25. The van der Waals surface area contributed by atoms with Gasteiger partial charge in [0.1, 0.15) is 5.82 Å². The Bertz CT molecular complexity index is 1210. The second-order valence-electron chi connectivity index (χ2n) is 9.90. The molecule has 8 heteroatoms. The average molecular weight is 421 g/mol. The van der Waals surface area contributed by atoms with Gasteiger partial charge in [0.25, 0.3) is 5.91 Å². The van der Waals surface area contributed by atoms with Crippen LogP contribution in [0.4, 0.5) is 5.82 Å². The molecule has 162 valence electrons. The monoisotopic (exact) mass is 420 g/mol. The fraction of sp³-hybridized carbons (Fsp3) is 0.478. The Morgan fingerprint density at radius 2 is 1.97 bits per heavy atom. The Morgan fingerprint density at radius 3 is 2.61 bits per heavy atom. The molecule has 0 aliphatic carbocycles. The quantitative estimate of drug-likeness (QED) is 0.650. The van der Waals surface area contributed by atoms with Gasteiger partial charge in [-0.1, -0.05) is 20.8 Å². The third kappa shape index (κ3) is 3.30. The van der Waals surface area contributed by atoms with E-state index in [4.69, 9.17) is 4.98 Å². The van der Waals surface area contributed by atoms with Gasteiger partial charge in [-0.25, -0.2) is 9.78 Å². The lowest BCUT2D eigenvalue weighted by molar-refractivity contribution is 0.0725. The highest BCUT2D eigenvalue weighted by Gasteiger charge is 2.46. The molecule has 2 saturated heterocycles. The van der Waals surface area contributed by atoms with Crippen molar-refractivity contribution < 1.29 is 4.79 Å². The number of imidazole rings is 1. The summed E-state index contributed by atoms with van der Waals surface area (Å²) in [7, 11) is 1.78. The lowest BCUT2D eigenvalue weighted by Crippen LogP contribution is -2.49. The van der Waals surface area contributed by atoms with Gasteiger partial charge in [-0.2, -0.15) is 0 Å². The SMILES string of the molecule is Cn1c(=O)n(CC(C)(C)C)c2ccc(N3CC4CC3CN4C(=O)c3cccnc3)nc21. The molecule has 5 heterocycles. The van der Waals surface area contributed by atoms with Crippen molar-refractivity contribution in [1.82, 2.24) is 24.0 Å². The van der Waals surface area contributed by atoms with Gasteiger partial charge in [0.05, 0.1) is 23.2 Å². The standard InChI is InChI=1S/C23H28N6O2/c1-23(2,3)14-29-18-7-8-19(25-20(18)26(4)22(29)31)27-12-17-10-16(27)13-28(17)21(30)15-6-5-9-24-11-15/h5-9,11,16-17H,10,12-14H2,1-4H3. The summed E-state index contributed by atoms with van der Waals surface area (Å²) in [6, 6.07) is 8.04. The number of hydrogen-bond acceptors (Lipinski definition) is 5. The zero-order valence-electron chi connectivity index (χ0n) is 18.4. The van der Waals surface area contributed by atoms with Crippen LogP contribution in [0, 0.1) is 5.41 Å². The summed E-state index contributed by atoms with van der Waals surface area (Å²) >= 11 is 0. The molecule has 0 N–H and O–H groups in total. The molecule has 2 atom stereocenters. The lowest BCUT2D eigenvalue weighted by Gasteiger charge is -2.35. The number of carbonyl (C=O) groups excluding carboxylic acids is 1. The summed E-state index contributed by atoms with van der Waals surface area (Å²) < 4.78 is 3.45. The van der Waals surface area contributed by atoms with E-state index < -0.39 is 0 Å². The second-order valence-corrected chi connectivity index (χ2v) is 9.90. The number of amides is 1. The van der Waals surface area contributed by atoms with E-state index in [0.29, 0.717) is 24.3 Å². The zero-order chi connectivity index (χ0) is 21.9. The molecular formula is C23H28N6O2. The third-order valence-corrected chi connectivity index (χ3v) is 6.30. The molecule has 2 aliphatic rings. The summed E-state index contributed by atoms with van der Waals surface area (Å²) in [4.78, 5) is 38.9. The van der Waals surface area contributed by atoms with Crippen molar-refractivity contribution in [2.24, 2.45) is 12.5 Å². The topological polar surface area (TPSA) is 76.3 Å². The molecule has 2 unspecified atom stereocenters. The maximum atomic E-state index is 12.9. The third-order valence-electron chi connectivity index (χ3n) is 6.30. The smallest absolute Gasteiger partial charge is 0.330 e. The molecule has 0 radical (unpaired) electrons. The second kappa shape index (κ2) is 6.93. The predicted molar refractivity (Wildman–Crippen MR) is 119 cm³/mol. The number of piperazine rings is 1. The highest BCUT2D eigenvalue weighted by Crippen LogP contribution is 2.35. The molecule has 2 bridgehead atoms. The zero-order valence-corrected chi connectivity index (χ0v) is 18.4. The van der Waals surface area contributed by atoms with E-state index in [1.54, 1.807) is 30.1 Å². The summed E-state index contributed by atoms with van der Waals surface area (Å²) in [5.41, 5.74) is 2.17. The molecule has 31 heavy (non-hydrogen) atoms. The van der Waals surface area contributed by atoms with E-state index in [-0.39, 0.29) is 29.1 Å². The maximum Gasteiger partial charge on any atom is 0.330 e. The van der Waals surface area contributed by atoms with Gasteiger partial charge in [-0.15, -0.1) is 0 Å². The molecule has 0 spiro atoms. The first-order valence-electron chi connectivity index (χ1n) is 10.8. The van der Waals surface area contributed by atoms with Gasteiger partial charge in [0, 0.05) is 39.1 Å². The van der Waals surface area contributed by atoms with E-state index in [1.165, 1.54) is 0 Å². The van der Waals surface area contributed by atoms with Crippen LogP contribution in [-0.2, 0) is 13.6 Å².